The lowest BCUT2D eigenvalue weighted by molar-refractivity contribution is -0.120. The first kappa shape index (κ1) is 15.6. The van der Waals surface area contributed by atoms with E-state index < -0.39 is 5.41 Å². The summed E-state index contributed by atoms with van der Waals surface area (Å²) < 4.78 is 0. The fourth-order valence-electron chi connectivity index (χ4n) is 3.02. The molecule has 0 atom stereocenters. The first-order valence-corrected chi connectivity index (χ1v) is 7.92. The first-order chi connectivity index (χ1) is 10.9. The number of hydrogen-bond acceptors (Lipinski definition) is 1. The van der Waals surface area contributed by atoms with Crippen LogP contribution in [0.15, 0.2) is 48.5 Å². The predicted octanol–water partition coefficient (Wildman–Crippen LogP) is 5.05. The Balaban J connectivity index is 1.97. The van der Waals surface area contributed by atoms with Crippen molar-refractivity contribution < 1.29 is 4.79 Å². The maximum atomic E-state index is 12.9. The zero-order valence-electron chi connectivity index (χ0n) is 13.4. The van der Waals surface area contributed by atoms with Gasteiger partial charge in [-0.05, 0) is 56.7 Å². The lowest BCUT2D eigenvalue weighted by atomic mass is 9.81. The van der Waals surface area contributed by atoms with Crippen molar-refractivity contribution in [3.8, 4) is 0 Å². The van der Waals surface area contributed by atoms with Crippen LogP contribution < -0.4 is 5.32 Å². The lowest BCUT2D eigenvalue weighted by Gasteiger charge is -2.24. The largest absolute Gasteiger partial charge is 0.358 e. The standard InChI is InChI=1S/C19H19ClN2O/c1-12-17(15-6-4-5-7-16(15)21-12)19(2,3)18(23)22-14-10-8-13(20)9-11-14/h4-11,21H,1-3H3,(H,22,23). The molecule has 0 aliphatic rings. The molecule has 0 fully saturated rings. The van der Waals surface area contributed by atoms with Crippen LogP contribution in [0.5, 0.6) is 0 Å². The third-order valence-electron chi connectivity index (χ3n) is 4.19. The topological polar surface area (TPSA) is 44.9 Å². The van der Waals surface area contributed by atoms with Crippen molar-refractivity contribution in [3.63, 3.8) is 0 Å². The highest BCUT2D eigenvalue weighted by molar-refractivity contribution is 6.30. The number of hydrogen-bond donors (Lipinski definition) is 2. The van der Waals surface area contributed by atoms with Gasteiger partial charge in [0.05, 0.1) is 5.41 Å². The highest BCUT2D eigenvalue weighted by Crippen LogP contribution is 2.34. The molecule has 4 heteroatoms. The Morgan fingerprint density at radius 2 is 1.74 bits per heavy atom. The van der Waals surface area contributed by atoms with E-state index in [0.29, 0.717) is 5.02 Å². The van der Waals surface area contributed by atoms with Gasteiger partial charge in [0, 0.05) is 27.3 Å². The molecule has 0 saturated heterocycles. The summed E-state index contributed by atoms with van der Waals surface area (Å²) in [5, 5.41) is 4.71. The van der Waals surface area contributed by atoms with Gasteiger partial charge in [-0.15, -0.1) is 0 Å². The van der Waals surface area contributed by atoms with Crippen molar-refractivity contribution in [1.29, 1.82) is 0 Å². The van der Waals surface area contributed by atoms with Crippen molar-refractivity contribution in [2.45, 2.75) is 26.2 Å². The van der Waals surface area contributed by atoms with Crippen LogP contribution in [0.3, 0.4) is 0 Å². The van der Waals surface area contributed by atoms with Crippen molar-refractivity contribution in [3.05, 3.63) is 64.8 Å². The molecule has 2 N–H and O–H groups in total. The summed E-state index contributed by atoms with van der Waals surface area (Å²) in [5.74, 6) is -0.0484. The Labute approximate surface area is 140 Å². The Kier molecular flexibility index (Phi) is 3.90. The minimum Gasteiger partial charge on any atom is -0.358 e. The molecule has 0 saturated carbocycles. The van der Waals surface area contributed by atoms with Gasteiger partial charge in [0.2, 0.25) is 5.91 Å². The average Bonchev–Trinajstić information content (AvgIpc) is 2.85. The maximum absolute atomic E-state index is 12.9. The third kappa shape index (κ3) is 2.84. The Morgan fingerprint density at radius 1 is 1.09 bits per heavy atom. The fourth-order valence-corrected chi connectivity index (χ4v) is 3.14. The van der Waals surface area contributed by atoms with E-state index >= 15 is 0 Å². The van der Waals surface area contributed by atoms with E-state index in [1.165, 1.54) is 0 Å². The number of aryl methyl sites for hydroxylation is 1. The van der Waals surface area contributed by atoms with E-state index in [-0.39, 0.29) is 5.91 Å². The number of anilines is 1. The van der Waals surface area contributed by atoms with Gasteiger partial charge in [-0.1, -0.05) is 29.8 Å². The predicted molar refractivity (Wildman–Crippen MR) is 96.1 cm³/mol. The van der Waals surface area contributed by atoms with E-state index in [4.69, 9.17) is 11.6 Å². The van der Waals surface area contributed by atoms with Gasteiger partial charge in [0.15, 0.2) is 0 Å². The Bertz CT molecular complexity index is 863. The molecule has 2 aromatic carbocycles. The van der Waals surface area contributed by atoms with Crippen LogP contribution in [0.4, 0.5) is 5.69 Å². The minimum absolute atomic E-state index is 0.0484. The van der Waals surface area contributed by atoms with Gasteiger partial charge in [0.1, 0.15) is 0 Å². The number of aromatic amines is 1. The van der Waals surface area contributed by atoms with Crippen LogP contribution in [-0.2, 0) is 10.2 Å². The van der Waals surface area contributed by atoms with Crippen molar-refractivity contribution in [2.75, 3.05) is 5.32 Å². The van der Waals surface area contributed by atoms with Crippen molar-refractivity contribution in [1.82, 2.24) is 4.98 Å². The van der Waals surface area contributed by atoms with Gasteiger partial charge in [0.25, 0.3) is 0 Å². The van der Waals surface area contributed by atoms with Gasteiger partial charge in [-0.3, -0.25) is 4.79 Å². The summed E-state index contributed by atoms with van der Waals surface area (Å²) >= 11 is 5.89. The van der Waals surface area contributed by atoms with E-state index in [0.717, 1.165) is 27.8 Å². The zero-order chi connectivity index (χ0) is 16.6. The van der Waals surface area contributed by atoms with Gasteiger partial charge < -0.3 is 10.3 Å². The number of carbonyl (C=O) groups excluding carboxylic acids is 1. The molecule has 3 rings (SSSR count). The third-order valence-corrected chi connectivity index (χ3v) is 4.44. The van der Waals surface area contributed by atoms with Crippen molar-refractivity contribution in [2.24, 2.45) is 0 Å². The second-order valence-corrected chi connectivity index (χ2v) is 6.69. The second kappa shape index (κ2) is 5.74. The molecule has 118 valence electrons. The number of para-hydroxylation sites is 1. The summed E-state index contributed by atoms with van der Waals surface area (Å²) in [4.78, 5) is 16.2. The molecule has 0 unspecified atom stereocenters. The number of aromatic nitrogens is 1. The molecule has 3 aromatic rings. The molecular formula is C19H19ClN2O. The molecular weight excluding hydrogens is 308 g/mol. The Hall–Kier alpha value is -2.26. The van der Waals surface area contributed by atoms with Gasteiger partial charge in [-0.2, -0.15) is 0 Å². The summed E-state index contributed by atoms with van der Waals surface area (Å²) in [6.07, 6.45) is 0. The summed E-state index contributed by atoms with van der Waals surface area (Å²) in [7, 11) is 0. The highest BCUT2D eigenvalue weighted by atomic mass is 35.5. The minimum atomic E-state index is -0.663. The van der Waals surface area contributed by atoms with Gasteiger partial charge >= 0.3 is 0 Å². The highest BCUT2D eigenvalue weighted by Gasteiger charge is 2.34. The normalized spacial score (nSPS) is 11.7. The molecule has 1 aromatic heterocycles. The molecule has 0 aliphatic carbocycles. The fraction of sp³-hybridized carbons (Fsp3) is 0.211. The second-order valence-electron chi connectivity index (χ2n) is 6.26. The van der Waals surface area contributed by atoms with E-state index in [1.807, 2.05) is 45.0 Å². The quantitative estimate of drug-likeness (QED) is 0.695. The number of rotatable bonds is 3. The number of benzene rings is 2. The monoisotopic (exact) mass is 326 g/mol. The van der Waals surface area contributed by atoms with E-state index in [2.05, 4.69) is 10.3 Å². The maximum Gasteiger partial charge on any atom is 0.234 e. The molecule has 0 radical (unpaired) electrons. The number of fused-ring (bicyclic) bond motifs is 1. The van der Waals surface area contributed by atoms with Crippen molar-refractivity contribution >= 4 is 34.1 Å². The number of carbonyl (C=O) groups is 1. The zero-order valence-corrected chi connectivity index (χ0v) is 14.2. The Morgan fingerprint density at radius 3 is 2.43 bits per heavy atom. The molecule has 1 amide bonds. The number of H-pyrrole nitrogens is 1. The summed E-state index contributed by atoms with van der Waals surface area (Å²) in [6, 6.07) is 15.2. The van der Waals surface area contributed by atoms with Crippen LogP contribution in [0.2, 0.25) is 5.02 Å². The summed E-state index contributed by atoms with van der Waals surface area (Å²) in [6.45, 7) is 5.90. The SMILES string of the molecule is Cc1[nH]c2ccccc2c1C(C)(C)C(=O)Nc1ccc(Cl)cc1. The van der Waals surface area contributed by atoms with Crippen LogP contribution in [-0.4, -0.2) is 10.9 Å². The van der Waals surface area contributed by atoms with Crippen LogP contribution in [0.25, 0.3) is 10.9 Å². The van der Waals surface area contributed by atoms with E-state index in [9.17, 15) is 4.79 Å². The first-order valence-electron chi connectivity index (χ1n) is 7.54. The smallest absolute Gasteiger partial charge is 0.234 e. The molecule has 3 nitrogen and oxygen atoms in total. The van der Waals surface area contributed by atoms with Crippen LogP contribution in [0, 0.1) is 6.92 Å². The molecule has 23 heavy (non-hydrogen) atoms. The molecule has 0 aliphatic heterocycles. The van der Waals surface area contributed by atoms with Gasteiger partial charge in [-0.25, -0.2) is 0 Å². The molecule has 0 bridgehead atoms. The number of nitrogens with one attached hydrogen (secondary N) is 2. The molecule has 0 spiro atoms. The number of amides is 1. The number of halogens is 1. The molecule has 1 heterocycles. The lowest BCUT2D eigenvalue weighted by Crippen LogP contribution is -2.35. The van der Waals surface area contributed by atoms with E-state index in [1.54, 1.807) is 24.3 Å². The van der Waals surface area contributed by atoms with Crippen LogP contribution >= 0.6 is 11.6 Å². The van der Waals surface area contributed by atoms with Crippen LogP contribution in [0.1, 0.15) is 25.1 Å². The summed E-state index contributed by atoms with van der Waals surface area (Å²) in [5.41, 5.74) is 3.17. The average molecular weight is 327 g/mol.